The lowest BCUT2D eigenvalue weighted by atomic mass is 9.84. The van der Waals surface area contributed by atoms with Gasteiger partial charge in [0, 0.05) is 29.8 Å². The summed E-state index contributed by atoms with van der Waals surface area (Å²) >= 11 is 0. The summed E-state index contributed by atoms with van der Waals surface area (Å²) in [6, 6.07) is 8.45. The highest BCUT2D eigenvalue weighted by molar-refractivity contribution is 8.93. The average molecular weight is 354 g/mol. The number of hydrogen-bond donors (Lipinski definition) is 1. The third-order valence-electron chi connectivity index (χ3n) is 4.19. The summed E-state index contributed by atoms with van der Waals surface area (Å²) in [4.78, 5) is 12.8. The Balaban J connectivity index is 0.00000220. The Labute approximate surface area is 137 Å². The Hall–Kier alpha value is -1.29. The predicted octanol–water partition coefficient (Wildman–Crippen LogP) is 4.52. The summed E-state index contributed by atoms with van der Waals surface area (Å²) in [6.07, 6.45) is 2.96. The minimum absolute atomic E-state index is 0. The van der Waals surface area contributed by atoms with E-state index in [-0.39, 0.29) is 28.8 Å². The summed E-state index contributed by atoms with van der Waals surface area (Å²) in [5, 5.41) is 8.64. The summed E-state index contributed by atoms with van der Waals surface area (Å²) < 4.78 is 0. The van der Waals surface area contributed by atoms with Crippen LogP contribution in [0, 0.1) is 0 Å². The van der Waals surface area contributed by atoms with E-state index in [1.807, 2.05) is 0 Å². The lowest BCUT2D eigenvalue weighted by Gasteiger charge is -2.25. The highest BCUT2D eigenvalue weighted by atomic mass is 79.9. The Kier molecular flexibility index (Phi) is 6.02. The number of para-hydroxylation sites is 1. The predicted molar refractivity (Wildman–Crippen MR) is 92.4 cm³/mol. The number of carbonyl (C=O) groups is 1. The molecule has 0 fully saturated rings. The molecule has 4 heteroatoms. The number of rotatable bonds is 6. The van der Waals surface area contributed by atoms with Crippen molar-refractivity contribution in [3.05, 3.63) is 42.1 Å². The standard InChI is InChI=1S/C17H23NO2.BrH/c1-13-17(2,3)14-9-6-7-10-15(14)18(13)12-8-4-5-11-16(19)20;/h6-7,9-10H,1,4-5,8,11-12H2,2-3H3,(H,19,20);1H. The summed E-state index contributed by atoms with van der Waals surface area (Å²) in [5.74, 6) is -0.706. The molecule has 2 rings (SSSR count). The number of carboxylic acids is 1. The van der Waals surface area contributed by atoms with Crippen LogP contribution in [0.2, 0.25) is 0 Å². The van der Waals surface area contributed by atoms with Gasteiger partial charge in [-0.3, -0.25) is 4.79 Å². The lowest BCUT2D eigenvalue weighted by molar-refractivity contribution is -0.137. The zero-order valence-electron chi connectivity index (χ0n) is 12.8. The Morgan fingerprint density at radius 3 is 2.57 bits per heavy atom. The molecule has 0 aromatic heterocycles. The zero-order valence-corrected chi connectivity index (χ0v) is 14.5. The van der Waals surface area contributed by atoms with E-state index in [1.54, 1.807) is 0 Å². The van der Waals surface area contributed by atoms with Gasteiger partial charge in [-0.15, -0.1) is 17.0 Å². The molecule has 0 spiro atoms. The molecule has 0 aliphatic carbocycles. The molecule has 1 aliphatic heterocycles. The molecular weight excluding hydrogens is 330 g/mol. The van der Waals surface area contributed by atoms with E-state index < -0.39 is 5.97 Å². The van der Waals surface area contributed by atoms with Gasteiger partial charge in [0.05, 0.1) is 0 Å². The molecule has 1 aromatic carbocycles. The molecule has 1 aliphatic rings. The first kappa shape index (κ1) is 17.8. The molecule has 0 unspecified atom stereocenters. The molecule has 0 amide bonds. The fourth-order valence-electron chi connectivity index (χ4n) is 2.85. The summed E-state index contributed by atoms with van der Waals surface area (Å²) in [7, 11) is 0. The Morgan fingerprint density at radius 2 is 1.90 bits per heavy atom. The van der Waals surface area contributed by atoms with Crippen molar-refractivity contribution in [1.82, 2.24) is 0 Å². The van der Waals surface area contributed by atoms with Gasteiger partial charge in [0.25, 0.3) is 0 Å². The van der Waals surface area contributed by atoms with Crippen LogP contribution < -0.4 is 4.90 Å². The first-order chi connectivity index (χ1) is 9.44. The van der Waals surface area contributed by atoms with Crippen molar-refractivity contribution in [2.75, 3.05) is 11.4 Å². The maximum absolute atomic E-state index is 10.5. The van der Waals surface area contributed by atoms with Crippen molar-refractivity contribution in [3.63, 3.8) is 0 Å². The number of anilines is 1. The van der Waals surface area contributed by atoms with E-state index >= 15 is 0 Å². The second kappa shape index (κ2) is 7.12. The number of unbranched alkanes of at least 4 members (excludes halogenated alkanes) is 2. The lowest BCUT2D eigenvalue weighted by Crippen LogP contribution is -2.26. The zero-order chi connectivity index (χ0) is 14.8. The maximum atomic E-state index is 10.5. The van der Waals surface area contributed by atoms with Crippen LogP contribution in [0.5, 0.6) is 0 Å². The number of halogens is 1. The van der Waals surface area contributed by atoms with E-state index in [0.717, 1.165) is 31.5 Å². The normalized spacial score (nSPS) is 15.5. The maximum Gasteiger partial charge on any atom is 0.303 e. The highest BCUT2D eigenvalue weighted by Gasteiger charge is 2.38. The quantitative estimate of drug-likeness (QED) is 0.764. The van der Waals surface area contributed by atoms with E-state index in [1.165, 1.54) is 11.3 Å². The third-order valence-corrected chi connectivity index (χ3v) is 4.19. The fraction of sp³-hybridized carbons (Fsp3) is 0.471. The number of nitrogens with zero attached hydrogens (tertiary/aromatic N) is 1. The molecule has 116 valence electrons. The van der Waals surface area contributed by atoms with Crippen molar-refractivity contribution >= 4 is 28.6 Å². The summed E-state index contributed by atoms with van der Waals surface area (Å²) in [5.41, 5.74) is 3.70. The SMILES string of the molecule is Br.C=C1N(CCCCCC(=O)O)c2ccccc2C1(C)C. The van der Waals surface area contributed by atoms with E-state index in [9.17, 15) is 4.79 Å². The van der Waals surface area contributed by atoms with Crippen molar-refractivity contribution in [2.24, 2.45) is 0 Å². The van der Waals surface area contributed by atoms with E-state index in [2.05, 4.69) is 49.6 Å². The van der Waals surface area contributed by atoms with Crippen molar-refractivity contribution < 1.29 is 9.90 Å². The van der Waals surface area contributed by atoms with Crippen LogP contribution in [0.25, 0.3) is 0 Å². The number of benzene rings is 1. The Bertz CT molecular complexity index is 525. The van der Waals surface area contributed by atoms with Gasteiger partial charge in [-0.25, -0.2) is 0 Å². The van der Waals surface area contributed by atoms with Gasteiger partial charge in [0.1, 0.15) is 0 Å². The molecule has 0 bridgehead atoms. The monoisotopic (exact) mass is 353 g/mol. The van der Waals surface area contributed by atoms with Gasteiger partial charge >= 0.3 is 5.97 Å². The van der Waals surface area contributed by atoms with Crippen LogP contribution in [-0.2, 0) is 10.2 Å². The molecule has 0 atom stereocenters. The van der Waals surface area contributed by atoms with Crippen LogP contribution in [0.1, 0.15) is 45.1 Å². The van der Waals surface area contributed by atoms with Crippen molar-refractivity contribution in [1.29, 1.82) is 0 Å². The Morgan fingerprint density at radius 1 is 1.24 bits per heavy atom. The molecule has 3 nitrogen and oxygen atoms in total. The molecule has 0 saturated heterocycles. The van der Waals surface area contributed by atoms with E-state index in [0.29, 0.717) is 0 Å². The van der Waals surface area contributed by atoms with Gasteiger partial charge in [0.15, 0.2) is 0 Å². The van der Waals surface area contributed by atoms with Gasteiger partial charge in [-0.05, 0) is 24.5 Å². The van der Waals surface area contributed by atoms with Crippen LogP contribution in [-0.4, -0.2) is 17.6 Å². The minimum Gasteiger partial charge on any atom is -0.481 e. The topological polar surface area (TPSA) is 40.5 Å². The first-order valence-electron chi connectivity index (χ1n) is 7.23. The largest absolute Gasteiger partial charge is 0.481 e. The van der Waals surface area contributed by atoms with Gasteiger partial charge in [-0.1, -0.05) is 45.0 Å². The fourth-order valence-corrected chi connectivity index (χ4v) is 2.85. The highest BCUT2D eigenvalue weighted by Crippen LogP contribution is 2.46. The molecule has 1 N–H and O–H groups in total. The van der Waals surface area contributed by atoms with Crippen molar-refractivity contribution in [2.45, 2.75) is 44.9 Å². The van der Waals surface area contributed by atoms with Crippen molar-refractivity contribution in [3.8, 4) is 0 Å². The second-order valence-electron chi connectivity index (χ2n) is 5.94. The van der Waals surface area contributed by atoms with Crippen LogP contribution in [0.4, 0.5) is 5.69 Å². The molecular formula is C17H24BrNO2. The molecule has 0 radical (unpaired) electrons. The molecule has 21 heavy (non-hydrogen) atoms. The van der Waals surface area contributed by atoms with Gasteiger partial charge in [0.2, 0.25) is 0 Å². The van der Waals surface area contributed by atoms with Crippen LogP contribution in [0.15, 0.2) is 36.5 Å². The number of allylic oxidation sites excluding steroid dienone is 1. The molecule has 1 heterocycles. The van der Waals surface area contributed by atoms with Crippen LogP contribution >= 0.6 is 17.0 Å². The van der Waals surface area contributed by atoms with Crippen LogP contribution in [0.3, 0.4) is 0 Å². The molecule has 1 aromatic rings. The summed E-state index contributed by atoms with van der Waals surface area (Å²) in [6.45, 7) is 9.59. The first-order valence-corrected chi connectivity index (χ1v) is 7.23. The second-order valence-corrected chi connectivity index (χ2v) is 5.94. The number of hydrogen-bond acceptors (Lipinski definition) is 2. The number of aliphatic carboxylic acids is 1. The number of fused-ring (bicyclic) bond motifs is 1. The third kappa shape index (κ3) is 3.67. The number of carboxylic acid groups (broad SMARTS) is 1. The average Bonchev–Trinajstić information content (AvgIpc) is 2.59. The van der Waals surface area contributed by atoms with E-state index in [4.69, 9.17) is 5.11 Å². The molecule has 0 saturated carbocycles. The van der Waals surface area contributed by atoms with Gasteiger partial charge in [-0.2, -0.15) is 0 Å². The van der Waals surface area contributed by atoms with Gasteiger partial charge < -0.3 is 10.0 Å². The minimum atomic E-state index is -0.706. The smallest absolute Gasteiger partial charge is 0.303 e.